The van der Waals surface area contributed by atoms with Crippen molar-refractivity contribution in [1.29, 1.82) is 0 Å². The van der Waals surface area contributed by atoms with Gasteiger partial charge in [-0.05, 0) is 36.4 Å². The first-order chi connectivity index (χ1) is 18.2. The van der Waals surface area contributed by atoms with Crippen molar-refractivity contribution in [3.63, 3.8) is 0 Å². The summed E-state index contributed by atoms with van der Waals surface area (Å²) in [6.45, 7) is 4.80. The van der Waals surface area contributed by atoms with Crippen LogP contribution in [-0.2, 0) is 30.5 Å². The first-order valence-electron chi connectivity index (χ1n) is 12.2. The third-order valence-corrected chi connectivity index (χ3v) is 6.12. The lowest BCUT2D eigenvalue weighted by atomic mass is 10.2. The summed E-state index contributed by atoms with van der Waals surface area (Å²) in [6, 6.07) is 7.90. The summed E-state index contributed by atoms with van der Waals surface area (Å²) in [5.74, 6) is -0.377. The number of carbonyl (C=O) groups is 4. The van der Waals surface area contributed by atoms with E-state index in [1.54, 1.807) is 35.2 Å². The Balaban J connectivity index is 1.29. The molecule has 2 aromatic rings. The lowest BCUT2D eigenvalue weighted by molar-refractivity contribution is -0.142. The molecule has 4 rings (SSSR count). The van der Waals surface area contributed by atoms with Gasteiger partial charge in [0.05, 0.1) is 24.5 Å². The second-order valence-electron chi connectivity index (χ2n) is 8.92. The first kappa shape index (κ1) is 26.7. The van der Waals surface area contributed by atoms with Crippen LogP contribution in [0.1, 0.15) is 25.4 Å². The van der Waals surface area contributed by atoms with Gasteiger partial charge in [0, 0.05) is 46.1 Å². The molecule has 2 aliphatic rings. The number of cyclic esters (lactones) is 1. The van der Waals surface area contributed by atoms with E-state index in [0.29, 0.717) is 49.1 Å². The van der Waals surface area contributed by atoms with Crippen molar-refractivity contribution in [3.8, 4) is 0 Å². The van der Waals surface area contributed by atoms with Gasteiger partial charge >= 0.3 is 12.1 Å². The van der Waals surface area contributed by atoms with Gasteiger partial charge in [0.2, 0.25) is 11.8 Å². The number of anilines is 2. The number of amides is 3. The third kappa shape index (κ3) is 6.69. The van der Waals surface area contributed by atoms with Crippen molar-refractivity contribution >= 4 is 41.3 Å². The van der Waals surface area contributed by atoms with Crippen molar-refractivity contribution in [3.05, 3.63) is 53.7 Å². The van der Waals surface area contributed by atoms with Gasteiger partial charge in [-0.2, -0.15) is 0 Å². The van der Waals surface area contributed by atoms with Crippen molar-refractivity contribution in [1.82, 2.24) is 10.2 Å². The first-order valence-corrected chi connectivity index (χ1v) is 12.2. The van der Waals surface area contributed by atoms with Crippen molar-refractivity contribution in [2.45, 2.75) is 26.6 Å². The number of halogens is 1. The number of esters is 1. The summed E-state index contributed by atoms with van der Waals surface area (Å²) >= 11 is 0. The topological polar surface area (TPSA) is 122 Å². The molecule has 1 N–H and O–H groups in total. The summed E-state index contributed by atoms with van der Waals surface area (Å²) in [6.07, 6.45) is 1.86. The minimum atomic E-state index is -0.595. The van der Waals surface area contributed by atoms with Gasteiger partial charge in [-0.3, -0.25) is 19.3 Å². The molecule has 12 heteroatoms. The zero-order chi connectivity index (χ0) is 27.2. The number of hydrogen-bond donors (Lipinski definition) is 1. The van der Waals surface area contributed by atoms with E-state index in [9.17, 15) is 19.2 Å². The van der Waals surface area contributed by atoms with E-state index in [1.807, 2.05) is 4.90 Å². The summed E-state index contributed by atoms with van der Waals surface area (Å²) < 4.78 is 30.6. The third-order valence-electron chi connectivity index (χ3n) is 6.12. The molecule has 11 nitrogen and oxygen atoms in total. The molecule has 0 radical (unpaired) electrons. The molecule has 2 aliphatic heterocycles. The normalized spacial score (nSPS) is 17.6. The van der Waals surface area contributed by atoms with Crippen LogP contribution in [0.2, 0.25) is 0 Å². The van der Waals surface area contributed by atoms with Gasteiger partial charge in [-0.1, -0.05) is 0 Å². The predicted molar refractivity (Wildman–Crippen MR) is 135 cm³/mol. The van der Waals surface area contributed by atoms with E-state index in [-0.39, 0.29) is 31.5 Å². The molecule has 3 heterocycles. The molecule has 3 amide bonds. The van der Waals surface area contributed by atoms with Crippen LogP contribution >= 0.6 is 0 Å². The molecule has 0 unspecified atom stereocenters. The van der Waals surface area contributed by atoms with E-state index in [2.05, 4.69) is 5.32 Å². The van der Waals surface area contributed by atoms with Crippen molar-refractivity contribution in [2.24, 2.45) is 0 Å². The molecule has 0 saturated carbocycles. The second kappa shape index (κ2) is 11.8. The Bertz CT molecular complexity index is 1240. The molecule has 0 spiro atoms. The zero-order valence-electron chi connectivity index (χ0n) is 21.1. The largest absolute Gasteiger partial charge is 0.458 e. The Labute approximate surface area is 218 Å². The fourth-order valence-corrected chi connectivity index (χ4v) is 4.18. The molecule has 1 atom stereocenters. The van der Waals surface area contributed by atoms with Crippen LogP contribution in [-0.4, -0.2) is 74.1 Å². The highest BCUT2D eigenvalue weighted by molar-refractivity contribution is 5.92. The summed E-state index contributed by atoms with van der Waals surface area (Å²) in [5.41, 5.74) is 0.754. The molecule has 1 aromatic heterocycles. The molecule has 202 valence electrons. The van der Waals surface area contributed by atoms with E-state index < -0.39 is 24.0 Å². The second-order valence-corrected chi connectivity index (χ2v) is 8.92. The number of ether oxygens (including phenoxy) is 2. The fraction of sp³-hybridized carbons (Fsp3) is 0.385. The van der Waals surface area contributed by atoms with Crippen LogP contribution in [0.5, 0.6) is 0 Å². The van der Waals surface area contributed by atoms with Crippen LogP contribution in [0.15, 0.2) is 40.8 Å². The minimum absolute atomic E-state index is 0.0257. The number of furan rings is 1. The SMILES string of the molecule is CC(=O)NC[C@H]1CN(c2ccc(N3CCN(C(=O)/C=C/c4ccc(COC(C)=O)o4)CC3)c(F)c2)C(=O)O1. The fourth-order valence-electron chi connectivity index (χ4n) is 4.18. The lowest BCUT2D eigenvalue weighted by Gasteiger charge is -2.36. The molecule has 38 heavy (non-hydrogen) atoms. The average molecular weight is 529 g/mol. The van der Waals surface area contributed by atoms with Gasteiger partial charge in [0.25, 0.3) is 0 Å². The number of rotatable bonds is 8. The highest BCUT2D eigenvalue weighted by Crippen LogP contribution is 2.28. The van der Waals surface area contributed by atoms with Crippen molar-refractivity contribution in [2.75, 3.05) is 49.1 Å². The molecular weight excluding hydrogens is 499 g/mol. The highest BCUT2D eigenvalue weighted by atomic mass is 19.1. The number of benzene rings is 1. The highest BCUT2D eigenvalue weighted by Gasteiger charge is 2.33. The average Bonchev–Trinajstić information content (AvgIpc) is 3.51. The van der Waals surface area contributed by atoms with E-state index in [0.717, 1.165) is 0 Å². The molecular formula is C26H29FN4O7. The molecule has 2 fully saturated rings. The van der Waals surface area contributed by atoms with Crippen LogP contribution in [0.25, 0.3) is 6.08 Å². The Kier molecular flexibility index (Phi) is 8.29. The number of hydrogen-bond acceptors (Lipinski definition) is 8. The Hall–Kier alpha value is -4.35. The van der Waals surface area contributed by atoms with Crippen LogP contribution < -0.4 is 15.1 Å². The predicted octanol–water partition coefficient (Wildman–Crippen LogP) is 2.31. The molecule has 2 saturated heterocycles. The van der Waals surface area contributed by atoms with Gasteiger partial charge in [-0.15, -0.1) is 0 Å². The van der Waals surface area contributed by atoms with Crippen LogP contribution in [0, 0.1) is 5.82 Å². The Morgan fingerprint density at radius 1 is 1.13 bits per heavy atom. The minimum Gasteiger partial charge on any atom is -0.458 e. The number of piperazine rings is 1. The zero-order valence-corrected chi connectivity index (χ0v) is 21.1. The number of nitrogens with one attached hydrogen (secondary N) is 1. The smallest absolute Gasteiger partial charge is 0.414 e. The maximum atomic E-state index is 15.0. The maximum Gasteiger partial charge on any atom is 0.414 e. The maximum absolute atomic E-state index is 15.0. The van der Waals surface area contributed by atoms with E-state index in [1.165, 1.54) is 30.9 Å². The number of carbonyl (C=O) groups excluding carboxylic acids is 4. The summed E-state index contributed by atoms with van der Waals surface area (Å²) in [5, 5.41) is 2.60. The molecule has 0 bridgehead atoms. The lowest BCUT2D eigenvalue weighted by Crippen LogP contribution is -2.48. The van der Waals surface area contributed by atoms with Gasteiger partial charge < -0.3 is 29.0 Å². The number of nitrogens with zero attached hydrogens (tertiary/aromatic N) is 3. The van der Waals surface area contributed by atoms with E-state index >= 15 is 4.39 Å². The van der Waals surface area contributed by atoms with Gasteiger partial charge in [0.15, 0.2) is 0 Å². The van der Waals surface area contributed by atoms with Crippen LogP contribution in [0.3, 0.4) is 0 Å². The Morgan fingerprint density at radius 2 is 1.89 bits per heavy atom. The van der Waals surface area contributed by atoms with Crippen LogP contribution in [0.4, 0.5) is 20.6 Å². The van der Waals surface area contributed by atoms with Crippen molar-refractivity contribution < 1.29 is 37.5 Å². The molecule has 1 aromatic carbocycles. The standard InChI is InChI=1S/C26H29FN4O7/c1-17(32)28-14-22-15-31(26(35)38-22)19-3-7-24(23(27)13-19)29-9-11-30(12-10-29)25(34)8-6-20-4-5-21(37-20)16-36-18(2)33/h3-8,13,22H,9-12,14-16H2,1-2H3,(H,28,32)/b8-6+/t22-/m0/s1. The molecule has 0 aliphatic carbocycles. The van der Waals surface area contributed by atoms with Gasteiger partial charge in [0.1, 0.15) is 30.0 Å². The summed E-state index contributed by atoms with van der Waals surface area (Å²) in [7, 11) is 0. The Morgan fingerprint density at radius 3 is 2.58 bits per heavy atom. The quantitative estimate of drug-likeness (QED) is 0.409. The van der Waals surface area contributed by atoms with Gasteiger partial charge in [-0.25, -0.2) is 9.18 Å². The van der Waals surface area contributed by atoms with E-state index in [4.69, 9.17) is 13.9 Å². The monoisotopic (exact) mass is 528 g/mol. The summed E-state index contributed by atoms with van der Waals surface area (Å²) in [4.78, 5) is 51.7.